The summed E-state index contributed by atoms with van der Waals surface area (Å²) in [5.74, 6) is 0.155. The predicted molar refractivity (Wildman–Crippen MR) is 88.7 cm³/mol. The average Bonchev–Trinajstić information content (AvgIpc) is 2.43. The third-order valence-electron chi connectivity index (χ3n) is 5.28. The predicted octanol–water partition coefficient (Wildman–Crippen LogP) is 4.71. The van der Waals surface area contributed by atoms with Gasteiger partial charge in [-0.1, -0.05) is 41.5 Å². The summed E-state index contributed by atoms with van der Waals surface area (Å²) < 4.78 is 6.24. The molecular formula is C17H32O3Si. The lowest BCUT2D eigenvalue weighted by atomic mass is 9.83. The standard InChI is InChI=1S/C17H32O3Si/c1-12(2)21(13(3)4,14(5)6)20-17(19)16-9-7-15(11-18)8-10-16/h11-16H,7-10H2,1-6H3. The first-order valence-corrected chi connectivity index (χ1v) is 10.6. The number of aldehydes is 1. The topological polar surface area (TPSA) is 43.4 Å². The molecule has 0 radical (unpaired) electrons. The van der Waals surface area contributed by atoms with Crippen LogP contribution in [-0.4, -0.2) is 20.6 Å². The van der Waals surface area contributed by atoms with E-state index < -0.39 is 8.32 Å². The van der Waals surface area contributed by atoms with Gasteiger partial charge in [0.25, 0.3) is 14.3 Å². The molecule has 1 rings (SSSR count). The molecule has 0 N–H and O–H groups in total. The molecular weight excluding hydrogens is 280 g/mol. The fourth-order valence-corrected chi connectivity index (χ4v) is 9.32. The minimum atomic E-state index is -2.12. The Morgan fingerprint density at radius 3 is 1.71 bits per heavy atom. The maximum absolute atomic E-state index is 12.6. The minimum Gasteiger partial charge on any atom is -0.518 e. The van der Waals surface area contributed by atoms with Gasteiger partial charge >= 0.3 is 0 Å². The van der Waals surface area contributed by atoms with E-state index in [0.29, 0.717) is 16.6 Å². The molecule has 0 unspecified atom stereocenters. The summed E-state index contributed by atoms with van der Waals surface area (Å²) in [7, 11) is -2.12. The van der Waals surface area contributed by atoms with Crippen LogP contribution in [0.1, 0.15) is 67.2 Å². The SMILES string of the molecule is CC(C)[Si](OC(=O)C1CCC(C=O)CC1)(C(C)C)C(C)C. The highest BCUT2D eigenvalue weighted by Crippen LogP contribution is 2.43. The fourth-order valence-electron chi connectivity index (χ4n) is 4.10. The summed E-state index contributed by atoms with van der Waals surface area (Å²) in [6, 6.07) is 0. The first-order valence-electron chi connectivity index (χ1n) is 8.43. The smallest absolute Gasteiger partial charge is 0.295 e. The lowest BCUT2D eigenvalue weighted by Gasteiger charge is -2.42. The molecule has 0 aromatic rings. The molecule has 1 aliphatic rings. The molecule has 0 spiro atoms. The summed E-state index contributed by atoms with van der Waals surface area (Å²) in [6.45, 7) is 13.2. The number of hydrogen-bond acceptors (Lipinski definition) is 3. The van der Waals surface area contributed by atoms with Crippen LogP contribution < -0.4 is 0 Å². The maximum atomic E-state index is 12.6. The van der Waals surface area contributed by atoms with Crippen LogP contribution in [0.15, 0.2) is 0 Å². The van der Waals surface area contributed by atoms with Gasteiger partial charge in [0.05, 0.1) is 5.92 Å². The highest BCUT2D eigenvalue weighted by atomic mass is 28.4. The highest BCUT2D eigenvalue weighted by Gasteiger charge is 2.49. The van der Waals surface area contributed by atoms with Gasteiger partial charge in [-0.25, -0.2) is 0 Å². The van der Waals surface area contributed by atoms with Gasteiger partial charge in [0.15, 0.2) is 0 Å². The molecule has 122 valence electrons. The Morgan fingerprint density at radius 2 is 1.38 bits per heavy atom. The van der Waals surface area contributed by atoms with Crippen molar-refractivity contribution in [1.29, 1.82) is 0 Å². The van der Waals surface area contributed by atoms with Crippen molar-refractivity contribution in [1.82, 2.24) is 0 Å². The van der Waals surface area contributed by atoms with E-state index in [1.54, 1.807) is 0 Å². The Morgan fingerprint density at radius 1 is 0.952 bits per heavy atom. The Hall–Kier alpha value is -0.643. The lowest BCUT2D eigenvalue weighted by molar-refractivity contribution is -0.142. The summed E-state index contributed by atoms with van der Waals surface area (Å²) >= 11 is 0. The van der Waals surface area contributed by atoms with Gasteiger partial charge in [0, 0.05) is 5.92 Å². The zero-order chi connectivity index (χ0) is 16.2. The van der Waals surface area contributed by atoms with Crippen molar-refractivity contribution < 1.29 is 14.0 Å². The van der Waals surface area contributed by atoms with Crippen LogP contribution in [0, 0.1) is 11.8 Å². The second kappa shape index (κ2) is 7.57. The third-order valence-corrected chi connectivity index (χ3v) is 11.3. The van der Waals surface area contributed by atoms with Crippen LogP contribution in [0.2, 0.25) is 16.6 Å². The first kappa shape index (κ1) is 18.4. The molecule has 0 aromatic carbocycles. The molecule has 0 heterocycles. The van der Waals surface area contributed by atoms with E-state index in [1.807, 2.05) is 0 Å². The molecule has 0 bridgehead atoms. The third kappa shape index (κ3) is 3.96. The van der Waals surface area contributed by atoms with Gasteiger partial charge in [-0.05, 0) is 42.3 Å². The van der Waals surface area contributed by atoms with Crippen molar-refractivity contribution in [3.05, 3.63) is 0 Å². The van der Waals surface area contributed by atoms with E-state index in [-0.39, 0.29) is 17.8 Å². The van der Waals surface area contributed by atoms with Crippen molar-refractivity contribution in [2.75, 3.05) is 0 Å². The number of carbonyl (C=O) groups excluding carboxylic acids is 2. The van der Waals surface area contributed by atoms with Crippen molar-refractivity contribution in [3.8, 4) is 0 Å². The maximum Gasteiger partial charge on any atom is 0.295 e. The fraction of sp³-hybridized carbons (Fsp3) is 0.882. The molecule has 4 heteroatoms. The van der Waals surface area contributed by atoms with E-state index >= 15 is 0 Å². The summed E-state index contributed by atoms with van der Waals surface area (Å²) in [5, 5.41) is 0. The molecule has 1 saturated carbocycles. The van der Waals surface area contributed by atoms with E-state index in [0.717, 1.165) is 32.0 Å². The lowest BCUT2D eigenvalue weighted by Crippen LogP contribution is -2.50. The molecule has 0 saturated heterocycles. The van der Waals surface area contributed by atoms with Gasteiger partial charge in [-0.15, -0.1) is 0 Å². The van der Waals surface area contributed by atoms with Crippen LogP contribution >= 0.6 is 0 Å². The van der Waals surface area contributed by atoms with E-state index in [1.165, 1.54) is 0 Å². The Bertz CT molecular complexity index is 333. The Kier molecular flexibility index (Phi) is 6.63. The van der Waals surface area contributed by atoms with Gasteiger partial charge in [-0.3, -0.25) is 4.79 Å². The molecule has 1 aliphatic carbocycles. The van der Waals surface area contributed by atoms with Crippen molar-refractivity contribution in [3.63, 3.8) is 0 Å². The Labute approximate surface area is 131 Å². The molecule has 0 aromatic heterocycles. The van der Waals surface area contributed by atoms with Gasteiger partial charge in [0.1, 0.15) is 6.29 Å². The van der Waals surface area contributed by atoms with Crippen LogP contribution in [0.3, 0.4) is 0 Å². The van der Waals surface area contributed by atoms with Crippen LogP contribution in [0.4, 0.5) is 0 Å². The molecule has 21 heavy (non-hydrogen) atoms. The molecule has 1 fully saturated rings. The van der Waals surface area contributed by atoms with Crippen LogP contribution in [-0.2, 0) is 14.0 Å². The van der Waals surface area contributed by atoms with Gasteiger partial charge in [0.2, 0.25) is 0 Å². The number of carbonyl (C=O) groups is 2. The van der Waals surface area contributed by atoms with Crippen molar-refractivity contribution >= 4 is 20.6 Å². The van der Waals surface area contributed by atoms with Gasteiger partial charge in [-0.2, -0.15) is 0 Å². The number of hydrogen-bond donors (Lipinski definition) is 0. The largest absolute Gasteiger partial charge is 0.518 e. The van der Waals surface area contributed by atoms with E-state index in [9.17, 15) is 9.59 Å². The normalized spacial score (nSPS) is 23.7. The van der Waals surface area contributed by atoms with Crippen LogP contribution in [0.25, 0.3) is 0 Å². The molecule has 3 nitrogen and oxygen atoms in total. The molecule has 0 aliphatic heterocycles. The van der Waals surface area contributed by atoms with E-state index in [4.69, 9.17) is 4.43 Å². The van der Waals surface area contributed by atoms with Crippen LogP contribution in [0.5, 0.6) is 0 Å². The first-order chi connectivity index (χ1) is 9.75. The minimum absolute atomic E-state index is 0.00196. The average molecular weight is 313 g/mol. The molecule has 0 amide bonds. The van der Waals surface area contributed by atoms with Crippen molar-refractivity contribution in [2.24, 2.45) is 11.8 Å². The zero-order valence-electron chi connectivity index (χ0n) is 14.5. The summed E-state index contributed by atoms with van der Waals surface area (Å²) in [6.07, 6.45) is 4.32. The van der Waals surface area contributed by atoms with Gasteiger partial charge < -0.3 is 9.22 Å². The van der Waals surface area contributed by atoms with Crippen molar-refractivity contribution in [2.45, 2.75) is 83.8 Å². The second-order valence-corrected chi connectivity index (χ2v) is 12.9. The highest BCUT2D eigenvalue weighted by molar-refractivity contribution is 6.78. The zero-order valence-corrected chi connectivity index (χ0v) is 15.5. The monoisotopic (exact) mass is 312 g/mol. The second-order valence-electron chi connectivity index (χ2n) is 7.49. The quantitative estimate of drug-likeness (QED) is 0.527. The molecule has 0 atom stereocenters. The summed E-state index contributed by atoms with van der Waals surface area (Å²) in [5.41, 5.74) is 1.27. The summed E-state index contributed by atoms with van der Waals surface area (Å²) in [4.78, 5) is 23.5. The Balaban J connectivity index is 2.80. The number of rotatable bonds is 6. The van der Waals surface area contributed by atoms with E-state index in [2.05, 4.69) is 41.5 Å².